The first-order valence-electron chi connectivity index (χ1n) is 9.17. The number of hydrogen-bond acceptors (Lipinski definition) is 3. The number of nitrogens with one attached hydrogen (secondary N) is 1. The number of halogens is 3. The van der Waals surface area contributed by atoms with Gasteiger partial charge in [-0.25, -0.2) is 4.79 Å². The van der Waals surface area contributed by atoms with Crippen LogP contribution in [0.3, 0.4) is 0 Å². The van der Waals surface area contributed by atoms with E-state index >= 15 is 0 Å². The molecule has 1 amide bonds. The molecule has 0 aliphatic heterocycles. The van der Waals surface area contributed by atoms with Crippen LogP contribution in [-0.4, -0.2) is 5.91 Å². The number of rotatable bonds is 4. The van der Waals surface area contributed by atoms with Crippen LogP contribution in [0.1, 0.15) is 5.56 Å². The fourth-order valence-corrected chi connectivity index (χ4v) is 3.80. The van der Waals surface area contributed by atoms with Crippen molar-refractivity contribution in [3.05, 3.63) is 104 Å². The summed E-state index contributed by atoms with van der Waals surface area (Å²) in [5.74, 6) is -0.361. The van der Waals surface area contributed by atoms with Gasteiger partial charge in [0.15, 0.2) is 0 Å². The van der Waals surface area contributed by atoms with Crippen molar-refractivity contribution in [3.8, 4) is 11.1 Å². The maximum Gasteiger partial charge on any atom is 0.344 e. The molecule has 0 unspecified atom stereocenters. The smallest absolute Gasteiger partial charge is 0.344 e. The maximum atomic E-state index is 12.4. The van der Waals surface area contributed by atoms with Gasteiger partial charge in [-0.3, -0.25) is 4.79 Å². The number of benzene rings is 3. The van der Waals surface area contributed by atoms with E-state index in [1.54, 1.807) is 60.7 Å². The quantitative estimate of drug-likeness (QED) is 0.256. The molecule has 154 valence electrons. The fraction of sp³-hybridized carbons (Fsp3) is 0. The van der Waals surface area contributed by atoms with Crippen LogP contribution in [0.2, 0.25) is 15.1 Å². The number of amides is 1. The van der Waals surface area contributed by atoms with Crippen molar-refractivity contribution in [1.82, 2.24) is 0 Å². The van der Waals surface area contributed by atoms with Crippen molar-refractivity contribution in [1.29, 1.82) is 0 Å². The average Bonchev–Trinajstić information content (AvgIpc) is 2.73. The molecule has 1 heterocycles. The monoisotopic (exact) mass is 469 g/mol. The molecule has 0 radical (unpaired) electrons. The van der Waals surface area contributed by atoms with E-state index in [1.807, 2.05) is 12.1 Å². The van der Waals surface area contributed by atoms with Gasteiger partial charge in [0.2, 0.25) is 5.91 Å². The van der Waals surface area contributed by atoms with Crippen LogP contribution in [0.15, 0.2) is 82.0 Å². The predicted molar refractivity (Wildman–Crippen MR) is 127 cm³/mol. The number of carbonyl (C=O) groups is 1. The SMILES string of the molecule is O=C(/C=C/c1ccc(Cl)cc1Cl)Nc1ccc(-c2cc3ccccc3oc2=O)c(Cl)c1. The highest BCUT2D eigenvalue weighted by Crippen LogP contribution is 2.30. The Morgan fingerprint density at radius 2 is 1.68 bits per heavy atom. The molecule has 4 aromatic rings. The zero-order chi connectivity index (χ0) is 22.0. The third kappa shape index (κ3) is 4.83. The van der Waals surface area contributed by atoms with Crippen LogP contribution in [-0.2, 0) is 4.79 Å². The molecule has 3 aromatic carbocycles. The molecule has 0 saturated heterocycles. The van der Waals surface area contributed by atoms with Gasteiger partial charge in [-0.1, -0.05) is 65.1 Å². The van der Waals surface area contributed by atoms with Crippen molar-refractivity contribution >= 4 is 63.4 Å². The Balaban J connectivity index is 1.55. The predicted octanol–water partition coefficient (Wildman–Crippen LogP) is 7.07. The lowest BCUT2D eigenvalue weighted by atomic mass is 10.1. The Labute approximate surface area is 192 Å². The molecule has 0 spiro atoms. The number of para-hydroxylation sites is 1. The Morgan fingerprint density at radius 3 is 2.45 bits per heavy atom. The maximum absolute atomic E-state index is 12.4. The molecule has 0 aliphatic rings. The average molecular weight is 471 g/mol. The zero-order valence-electron chi connectivity index (χ0n) is 15.9. The third-order valence-corrected chi connectivity index (χ3v) is 5.42. The number of carbonyl (C=O) groups excluding carboxylic acids is 1. The minimum Gasteiger partial charge on any atom is -0.422 e. The van der Waals surface area contributed by atoms with Gasteiger partial charge in [0, 0.05) is 32.8 Å². The summed E-state index contributed by atoms with van der Waals surface area (Å²) in [6.45, 7) is 0. The minimum atomic E-state index is -0.486. The summed E-state index contributed by atoms with van der Waals surface area (Å²) in [4.78, 5) is 24.6. The van der Waals surface area contributed by atoms with E-state index in [-0.39, 0.29) is 5.91 Å². The van der Waals surface area contributed by atoms with E-state index in [2.05, 4.69) is 5.32 Å². The summed E-state index contributed by atoms with van der Waals surface area (Å²) in [7, 11) is 0. The highest BCUT2D eigenvalue weighted by molar-refractivity contribution is 6.35. The van der Waals surface area contributed by atoms with Crippen LogP contribution in [0.25, 0.3) is 28.2 Å². The summed E-state index contributed by atoms with van der Waals surface area (Å²) >= 11 is 18.4. The van der Waals surface area contributed by atoms with Crippen LogP contribution in [0, 0.1) is 0 Å². The molecule has 1 aromatic heterocycles. The lowest BCUT2D eigenvalue weighted by Gasteiger charge is -2.08. The Morgan fingerprint density at radius 1 is 0.871 bits per heavy atom. The van der Waals surface area contributed by atoms with Crippen molar-refractivity contribution in [2.45, 2.75) is 0 Å². The van der Waals surface area contributed by atoms with Crippen LogP contribution in [0.5, 0.6) is 0 Å². The molecule has 7 heteroatoms. The van der Waals surface area contributed by atoms with Gasteiger partial charge in [0.25, 0.3) is 0 Å². The number of anilines is 1. The highest BCUT2D eigenvalue weighted by Gasteiger charge is 2.12. The molecule has 0 bridgehead atoms. The van der Waals surface area contributed by atoms with Crippen molar-refractivity contribution in [2.75, 3.05) is 5.32 Å². The van der Waals surface area contributed by atoms with Crippen LogP contribution < -0.4 is 10.9 Å². The Bertz CT molecular complexity index is 1390. The standard InChI is InChI=1S/C24H14Cl3NO3/c25-16-7-5-14(20(26)12-16)6-10-23(29)28-17-8-9-18(21(27)13-17)19-11-15-3-1-2-4-22(15)31-24(19)30/h1-13H,(H,28,29)/b10-6+. The molecule has 0 fully saturated rings. The lowest BCUT2D eigenvalue weighted by molar-refractivity contribution is -0.111. The molecular formula is C24H14Cl3NO3. The number of fused-ring (bicyclic) bond motifs is 1. The van der Waals surface area contributed by atoms with Gasteiger partial charge in [-0.05, 0) is 48.0 Å². The second kappa shape index (κ2) is 8.98. The Kier molecular flexibility index (Phi) is 6.14. The first kappa shape index (κ1) is 21.2. The first-order chi connectivity index (χ1) is 14.9. The summed E-state index contributed by atoms with van der Waals surface area (Å²) in [6, 6.07) is 18.9. The second-order valence-electron chi connectivity index (χ2n) is 6.67. The van der Waals surface area contributed by atoms with Gasteiger partial charge >= 0.3 is 5.63 Å². The zero-order valence-corrected chi connectivity index (χ0v) is 18.1. The van der Waals surface area contributed by atoms with Crippen LogP contribution >= 0.6 is 34.8 Å². The van der Waals surface area contributed by atoms with Gasteiger partial charge < -0.3 is 9.73 Å². The van der Waals surface area contributed by atoms with Gasteiger partial charge in [0.1, 0.15) is 5.58 Å². The summed E-state index contributed by atoms with van der Waals surface area (Å²) in [5.41, 5.74) is 2.03. The molecule has 0 atom stereocenters. The molecular weight excluding hydrogens is 457 g/mol. The van der Waals surface area contributed by atoms with Crippen molar-refractivity contribution in [2.24, 2.45) is 0 Å². The lowest BCUT2D eigenvalue weighted by Crippen LogP contribution is -2.08. The normalized spacial score (nSPS) is 11.2. The number of hydrogen-bond donors (Lipinski definition) is 1. The molecule has 4 nitrogen and oxygen atoms in total. The van der Waals surface area contributed by atoms with Crippen LogP contribution in [0.4, 0.5) is 5.69 Å². The topological polar surface area (TPSA) is 59.3 Å². The molecule has 0 aliphatic carbocycles. The molecule has 1 N–H and O–H groups in total. The summed E-state index contributed by atoms with van der Waals surface area (Å²) in [5, 5.41) is 4.78. The highest BCUT2D eigenvalue weighted by atomic mass is 35.5. The molecule has 4 rings (SSSR count). The van der Waals surface area contributed by atoms with Gasteiger partial charge in [-0.15, -0.1) is 0 Å². The van der Waals surface area contributed by atoms with E-state index in [0.29, 0.717) is 43.0 Å². The fourth-order valence-electron chi connectivity index (χ4n) is 3.05. The van der Waals surface area contributed by atoms with E-state index in [4.69, 9.17) is 39.2 Å². The van der Waals surface area contributed by atoms with E-state index in [9.17, 15) is 9.59 Å². The van der Waals surface area contributed by atoms with Crippen molar-refractivity contribution < 1.29 is 9.21 Å². The largest absolute Gasteiger partial charge is 0.422 e. The summed E-state index contributed by atoms with van der Waals surface area (Å²) < 4.78 is 5.38. The van der Waals surface area contributed by atoms with Gasteiger partial charge in [0.05, 0.1) is 10.6 Å². The van der Waals surface area contributed by atoms with E-state index in [1.165, 1.54) is 6.08 Å². The van der Waals surface area contributed by atoms with E-state index in [0.717, 1.165) is 5.39 Å². The second-order valence-corrected chi connectivity index (χ2v) is 7.92. The van der Waals surface area contributed by atoms with Crippen molar-refractivity contribution in [3.63, 3.8) is 0 Å². The van der Waals surface area contributed by atoms with E-state index < -0.39 is 5.63 Å². The first-order valence-corrected chi connectivity index (χ1v) is 10.3. The molecule has 31 heavy (non-hydrogen) atoms. The summed E-state index contributed by atoms with van der Waals surface area (Å²) in [6.07, 6.45) is 2.94. The Hall–Kier alpha value is -3.05. The third-order valence-electron chi connectivity index (χ3n) is 4.54. The van der Waals surface area contributed by atoms with Gasteiger partial charge in [-0.2, -0.15) is 0 Å². The molecule has 0 saturated carbocycles. The minimum absolute atomic E-state index is 0.310.